The second-order valence-corrected chi connectivity index (χ2v) is 6.34. The Morgan fingerprint density at radius 1 is 1.30 bits per heavy atom. The normalized spacial score (nSPS) is 12.9. The molecule has 0 bridgehead atoms. The lowest BCUT2D eigenvalue weighted by Crippen LogP contribution is -2.15. The van der Waals surface area contributed by atoms with Gasteiger partial charge < -0.3 is 4.74 Å². The first-order valence-corrected chi connectivity index (χ1v) is 8.18. The van der Waals surface area contributed by atoms with Crippen LogP contribution in [0.1, 0.15) is 38.7 Å². The summed E-state index contributed by atoms with van der Waals surface area (Å²) in [6.45, 7) is 3.92. The molecule has 0 amide bonds. The second-order valence-electron chi connectivity index (χ2n) is 4.78. The number of carbonyl (C=O) groups is 1. The highest BCUT2D eigenvalue weighted by atomic mass is 32.2. The first kappa shape index (κ1) is 16.7. The van der Waals surface area contributed by atoms with Crippen LogP contribution in [0.25, 0.3) is 0 Å². The average Bonchev–Trinajstić information content (AvgIpc) is 2.36. The monoisotopic (exact) mass is 299 g/mol. The number of benzene rings is 1. The Balaban J connectivity index is 2.48. The summed E-state index contributed by atoms with van der Waals surface area (Å²) in [5.74, 6) is -0.235. The van der Waals surface area contributed by atoms with Gasteiger partial charge in [0.1, 0.15) is 0 Å². The zero-order valence-corrected chi connectivity index (χ0v) is 12.7. The minimum absolute atomic E-state index is 0.0581. The Morgan fingerprint density at radius 2 is 1.90 bits per heavy atom. The van der Waals surface area contributed by atoms with Gasteiger partial charge in [-0.3, -0.25) is 4.79 Å². The highest BCUT2D eigenvalue weighted by Gasteiger charge is 2.10. The highest BCUT2D eigenvalue weighted by molar-refractivity contribution is 7.89. The Morgan fingerprint density at radius 3 is 2.40 bits per heavy atom. The minimum Gasteiger partial charge on any atom is -0.463 e. The number of primary sulfonamides is 1. The molecule has 0 aromatic heterocycles. The van der Waals surface area contributed by atoms with Crippen molar-refractivity contribution in [1.82, 2.24) is 0 Å². The van der Waals surface area contributed by atoms with Crippen molar-refractivity contribution in [2.45, 2.75) is 50.5 Å². The van der Waals surface area contributed by atoms with Gasteiger partial charge in [0, 0.05) is 6.42 Å². The van der Waals surface area contributed by atoms with Gasteiger partial charge in [0.15, 0.2) is 0 Å². The van der Waals surface area contributed by atoms with Gasteiger partial charge in [0.05, 0.1) is 11.0 Å². The minimum atomic E-state index is -3.66. The molecule has 1 aromatic rings. The zero-order chi connectivity index (χ0) is 15.2. The van der Waals surface area contributed by atoms with E-state index in [-0.39, 0.29) is 23.4 Å². The van der Waals surface area contributed by atoms with Crippen LogP contribution in [-0.4, -0.2) is 20.5 Å². The standard InChI is InChI=1S/C14H21NO4S/c1-3-4-11(2)19-14(16)10-7-12-5-8-13(9-6-12)20(15,17)18/h5-6,8-9,11H,3-4,7,10H2,1-2H3,(H2,15,17,18). The fourth-order valence-electron chi connectivity index (χ4n) is 1.84. The summed E-state index contributed by atoms with van der Waals surface area (Å²) in [7, 11) is -3.66. The molecule has 5 nitrogen and oxygen atoms in total. The topological polar surface area (TPSA) is 86.5 Å². The molecule has 1 rings (SSSR count). The smallest absolute Gasteiger partial charge is 0.306 e. The number of ether oxygens (including phenoxy) is 1. The molecule has 112 valence electrons. The number of nitrogens with two attached hydrogens (primary N) is 1. The van der Waals surface area contributed by atoms with Crippen molar-refractivity contribution in [1.29, 1.82) is 0 Å². The predicted molar refractivity (Wildman–Crippen MR) is 76.6 cm³/mol. The molecular weight excluding hydrogens is 278 g/mol. The number of esters is 1. The third-order valence-electron chi connectivity index (χ3n) is 2.90. The van der Waals surface area contributed by atoms with Crippen LogP contribution in [0, 0.1) is 0 Å². The number of sulfonamides is 1. The van der Waals surface area contributed by atoms with E-state index < -0.39 is 10.0 Å². The lowest BCUT2D eigenvalue weighted by Gasteiger charge is -2.12. The van der Waals surface area contributed by atoms with Gasteiger partial charge >= 0.3 is 5.97 Å². The molecule has 0 saturated heterocycles. The van der Waals surface area contributed by atoms with E-state index in [4.69, 9.17) is 9.88 Å². The van der Waals surface area contributed by atoms with E-state index in [1.165, 1.54) is 12.1 Å². The lowest BCUT2D eigenvalue weighted by atomic mass is 10.1. The van der Waals surface area contributed by atoms with Crippen LogP contribution in [0.2, 0.25) is 0 Å². The molecule has 0 aliphatic rings. The lowest BCUT2D eigenvalue weighted by molar-refractivity contribution is -0.148. The van der Waals surface area contributed by atoms with E-state index >= 15 is 0 Å². The van der Waals surface area contributed by atoms with Crippen LogP contribution < -0.4 is 5.14 Å². The van der Waals surface area contributed by atoms with Crippen molar-refractivity contribution in [3.05, 3.63) is 29.8 Å². The first-order chi connectivity index (χ1) is 9.32. The van der Waals surface area contributed by atoms with Gasteiger partial charge in [0.2, 0.25) is 10.0 Å². The molecule has 0 fully saturated rings. The van der Waals surface area contributed by atoms with E-state index in [9.17, 15) is 13.2 Å². The average molecular weight is 299 g/mol. The van der Waals surface area contributed by atoms with Crippen LogP contribution in [0.4, 0.5) is 0 Å². The number of carbonyl (C=O) groups excluding carboxylic acids is 1. The van der Waals surface area contributed by atoms with Crippen LogP contribution >= 0.6 is 0 Å². The Bertz CT molecular complexity index is 537. The maximum absolute atomic E-state index is 11.6. The number of hydrogen-bond donors (Lipinski definition) is 1. The molecule has 0 saturated carbocycles. The van der Waals surface area contributed by atoms with Gasteiger partial charge in [-0.05, 0) is 37.5 Å². The number of hydrogen-bond acceptors (Lipinski definition) is 4. The van der Waals surface area contributed by atoms with Crippen molar-refractivity contribution < 1.29 is 17.9 Å². The van der Waals surface area contributed by atoms with Crippen molar-refractivity contribution >= 4 is 16.0 Å². The second kappa shape index (κ2) is 7.40. The molecule has 1 atom stereocenters. The van der Waals surface area contributed by atoms with Crippen LogP contribution in [0.3, 0.4) is 0 Å². The van der Waals surface area contributed by atoms with Gasteiger partial charge in [0.25, 0.3) is 0 Å². The Kier molecular flexibility index (Phi) is 6.16. The van der Waals surface area contributed by atoms with E-state index in [1.54, 1.807) is 12.1 Å². The summed E-state index contributed by atoms with van der Waals surface area (Å²) in [5, 5.41) is 5.01. The summed E-state index contributed by atoms with van der Waals surface area (Å²) in [4.78, 5) is 11.7. The maximum Gasteiger partial charge on any atom is 0.306 e. The van der Waals surface area contributed by atoms with Crippen LogP contribution in [0.15, 0.2) is 29.2 Å². The van der Waals surface area contributed by atoms with Crippen LogP contribution in [0.5, 0.6) is 0 Å². The van der Waals surface area contributed by atoms with Crippen LogP contribution in [-0.2, 0) is 26.0 Å². The van der Waals surface area contributed by atoms with Crippen molar-refractivity contribution in [3.63, 3.8) is 0 Å². The quantitative estimate of drug-likeness (QED) is 0.780. The molecule has 1 unspecified atom stereocenters. The molecular formula is C14H21NO4S. The van der Waals surface area contributed by atoms with Crippen molar-refractivity contribution in [2.24, 2.45) is 5.14 Å². The molecule has 0 aliphatic heterocycles. The molecule has 6 heteroatoms. The zero-order valence-electron chi connectivity index (χ0n) is 11.8. The summed E-state index contributed by atoms with van der Waals surface area (Å²) >= 11 is 0. The van der Waals surface area contributed by atoms with Crippen molar-refractivity contribution in [2.75, 3.05) is 0 Å². The van der Waals surface area contributed by atoms with Gasteiger partial charge in [-0.2, -0.15) is 0 Å². The fourth-order valence-corrected chi connectivity index (χ4v) is 2.36. The molecule has 0 heterocycles. The molecule has 20 heavy (non-hydrogen) atoms. The first-order valence-electron chi connectivity index (χ1n) is 6.64. The molecule has 2 N–H and O–H groups in total. The van der Waals surface area contributed by atoms with E-state index in [0.717, 1.165) is 18.4 Å². The molecule has 1 aromatic carbocycles. The van der Waals surface area contributed by atoms with Gasteiger partial charge in [-0.15, -0.1) is 0 Å². The Hall–Kier alpha value is -1.40. The predicted octanol–water partition coefficient (Wildman–Crippen LogP) is 2.00. The van der Waals surface area contributed by atoms with Crippen molar-refractivity contribution in [3.8, 4) is 0 Å². The highest BCUT2D eigenvalue weighted by Crippen LogP contribution is 2.11. The summed E-state index contributed by atoms with van der Waals surface area (Å²) < 4.78 is 27.4. The third-order valence-corrected chi connectivity index (χ3v) is 3.83. The number of aryl methyl sites for hydroxylation is 1. The molecule has 0 aliphatic carbocycles. The van der Waals surface area contributed by atoms with E-state index in [2.05, 4.69) is 0 Å². The summed E-state index contributed by atoms with van der Waals surface area (Å²) in [5.41, 5.74) is 0.873. The number of rotatable bonds is 7. The van der Waals surface area contributed by atoms with Gasteiger partial charge in [-0.25, -0.2) is 13.6 Å². The fraction of sp³-hybridized carbons (Fsp3) is 0.500. The van der Waals surface area contributed by atoms with E-state index in [0.29, 0.717) is 6.42 Å². The Labute approximate surface area is 120 Å². The SMILES string of the molecule is CCCC(C)OC(=O)CCc1ccc(S(N)(=O)=O)cc1. The third kappa shape index (κ3) is 5.71. The van der Waals surface area contributed by atoms with E-state index in [1.807, 2.05) is 13.8 Å². The molecule has 0 spiro atoms. The van der Waals surface area contributed by atoms with Gasteiger partial charge in [-0.1, -0.05) is 25.5 Å². The largest absolute Gasteiger partial charge is 0.463 e. The summed E-state index contributed by atoms with van der Waals surface area (Å²) in [6, 6.07) is 6.19. The maximum atomic E-state index is 11.6. The summed E-state index contributed by atoms with van der Waals surface area (Å²) in [6.07, 6.45) is 2.57. The molecule has 0 radical (unpaired) electrons.